The number of nitrogen functional groups attached to an aromatic ring is 1. The summed E-state index contributed by atoms with van der Waals surface area (Å²) in [6.45, 7) is 3.69. The Morgan fingerprint density at radius 1 is 1.47 bits per heavy atom. The third-order valence-electron chi connectivity index (χ3n) is 2.28. The highest BCUT2D eigenvalue weighted by atomic mass is 19.4. The van der Waals surface area contributed by atoms with Gasteiger partial charge in [-0.1, -0.05) is 0 Å². The number of aromatic nitrogens is 1. The minimum absolute atomic E-state index is 0.0916. The summed E-state index contributed by atoms with van der Waals surface area (Å²) in [5, 5.41) is 5.12. The first-order valence-corrected chi connectivity index (χ1v) is 5.63. The first-order valence-electron chi connectivity index (χ1n) is 5.63. The summed E-state index contributed by atoms with van der Waals surface area (Å²) < 4.78 is 37.7. The van der Waals surface area contributed by atoms with Crippen molar-refractivity contribution in [3.05, 3.63) is 17.7 Å². The number of hydrogen-bond donors (Lipinski definition) is 3. The van der Waals surface area contributed by atoms with E-state index in [2.05, 4.69) is 15.6 Å². The Bertz CT molecular complexity index is 462. The normalized spacial score (nSPS) is 12.9. The lowest BCUT2D eigenvalue weighted by Gasteiger charge is -2.15. The number of nitrogens with zero attached hydrogens (tertiary/aromatic N) is 1. The fourth-order valence-corrected chi connectivity index (χ4v) is 1.40. The Morgan fingerprint density at radius 2 is 2.11 bits per heavy atom. The van der Waals surface area contributed by atoms with E-state index in [1.165, 1.54) is 6.92 Å². The second kappa shape index (κ2) is 5.77. The molecule has 0 aliphatic heterocycles. The van der Waals surface area contributed by atoms with Gasteiger partial charge in [0.1, 0.15) is 17.7 Å². The van der Waals surface area contributed by atoms with Crippen LogP contribution in [0.15, 0.2) is 12.1 Å². The number of nitrogens with one attached hydrogen (secondary N) is 2. The number of amides is 1. The van der Waals surface area contributed by atoms with Gasteiger partial charge in [0.2, 0.25) is 5.91 Å². The van der Waals surface area contributed by atoms with Crippen LogP contribution in [0.2, 0.25) is 0 Å². The second-order valence-electron chi connectivity index (χ2n) is 3.92. The predicted octanol–water partition coefficient (Wildman–Crippen LogP) is 1.62. The number of pyridine rings is 1. The molecule has 1 amide bonds. The molecular formula is C11H15F3N4O. The van der Waals surface area contributed by atoms with Crippen LogP contribution in [0.25, 0.3) is 0 Å². The van der Waals surface area contributed by atoms with E-state index in [0.29, 0.717) is 6.54 Å². The van der Waals surface area contributed by atoms with Gasteiger partial charge in [0, 0.05) is 6.54 Å². The monoisotopic (exact) mass is 276 g/mol. The van der Waals surface area contributed by atoms with Crippen LogP contribution in [-0.2, 0) is 11.0 Å². The minimum atomic E-state index is -4.51. The molecule has 0 aromatic carbocycles. The molecule has 1 atom stereocenters. The summed E-state index contributed by atoms with van der Waals surface area (Å²) in [4.78, 5) is 15.2. The van der Waals surface area contributed by atoms with Gasteiger partial charge < -0.3 is 16.4 Å². The van der Waals surface area contributed by atoms with E-state index in [9.17, 15) is 18.0 Å². The molecule has 19 heavy (non-hydrogen) atoms. The summed E-state index contributed by atoms with van der Waals surface area (Å²) in [5.41, 5.74) is 4.40. The predicted molar refractivity (Wildman–Crippen MR) is 65.4 cm³/mol. The van der Waals surface area contributed by atoms with Gasteiger partial charge in [0.05, 0.1) is 5.56 Å². The van der Waals surface area contributed by atoms with E-state index in [-0.39, 0.29) is 17.5 Å². The average molecular weight is 276 g/mol. The molecule has 8 heteroatoms. The van der Waals surface area contributed by atoms with Gasteiger partial charge in [-0.25, -0.2) is 4.98 Å². The minimum Gasteiger partial charge on any atom is -0.384 e. The molecule has 0 aliphatic rings. The van der Waals surface area contributed by atoms with Gasteiger partial charge in [-0.2, -0.15) is 13.2 Å². The number of nitrogens with two attached hydrogens (primary N) is 1. The Balaban J connectivity index is 2.90. The zero-order valence-electron chi connectivity index (χ0n) is 10.5. The third-order valence-corrected chi connectivity index (χ3v) is 2.28. The van der Waals surface area contributed by atoms with Crippen LogP contribution in [0, 0.1) is 0 Å². The van der Waals surface area contributed by atoms with Crippen molar-refractivity contribution < 1.29 is 18.0 Å². The fourth-order valence-electron chi connectivity index (χ4n) is 1.40. The second-order valence-corrected chi connectivity index (χ2v) is 3.92. The van der Waals surface area contributed by atoms with E-state index in [4.69, 9.17) is 5.73 Å². The first kappa shape index (κ1) is 15.1. The zero-order chi connectivity index (χ0) is 14.6. The molecule has 1 aromatic heterocycles. The highest BCUT2D eigenvalue weighted by Crippen LogP contribution is 2.31. The van der Waals surface area contributed by atoms with Gasteiger partial charge in [0.15, 0.2) is 0 Å². The van der Waals surface area contributed by atoms with Crippen LogP contribution in [0.1, 0.15) is 19.4 Å². The molecule has 4 N–H and O–H groups in total. The van der Waals surface area contributed by atoms with Crippen LogP contribution in [0.4, 0.5) is 24.8 Å². The maximum absolute atomic E-state index is 12.6. The topological polar surface area (TPSA) is 80.0 Å². The van der Waals surface area contributed by atoms with E-state index < -0.39 is 17.8 Å². The first-order chi connectivity index (χ1) is 8.74. The molecule has 1 heterocycles. The standard InChI is InChI=1S/C11H15F3N4O/c1-3-16-10(19)6(2)17-9-5-7(11(12,13)14)4-8(15)18-9/h4-6H,3H2,1-2H3,(H,16,19)(H3,15,17,18). The number of hydrogen-bond acceptors (Lipinski definition) is 4. The van der Waals surface area contributed by atoms with E-state index >= 15 is 0 Å². The Hall–Kier alpha value is -1.99. The van der Waals surface area contributed by atoms with Crippen LogP contribution >= 0.6 is 0 Å². The van der Waals surface area contributed by atoms with E-state index in [1.54, 1.807) is 6.92 Å². The molecule has 1 rings (SSSR count). The van der Waals surface area contributed by atoms with Gasteiger partial charge >= 0.3 is 6.18 Å². The smallest absolute Gasteiger partial charge is 0.384 e. The maximum atomic E-state index is 12.6. The molecule has 0 aliphatic carbocycles. The lowest BCUT2D eigenvalue weighted by molar-refractivity contribution is -0.137. The van der Waals surface area contributed by atoms with Crippen LogP contribution in [0.5, 0.6) is 0 Å². The number of alkyl halides is 3. The molecule has 106 valence electrons. The van der Waals surface area contributed by atoms with Crippen molar-refractivity contribution in [2.24, 2.45) is 0 Å². The molecule has 0 saturated heterocycles. The van der Waals surface area contributed by atoms with E-state index in [1.807, 2.05) is 0 Å². The number of carbonyl (C=O) groups is 1. The quantitative estimate of drug-likeness (QED) is 0.780. The van der Waals surface area contributed by atoms with Crippen LogP contribution in [-0.4, -0.2) is 23.5 Å². The van der Waals surface area contributed by atoms with Crippen molar-refractivity contribution in [1.29, 1.82) is 0 Å². The molecule has 5 nitrogen and oxygen atoms in total. The van der Waals surface area contributed by atoms with Crippen molar-refractivity contribution in [3.63, 3.8) is 0 Å². The molecule has 1 unspecified atom stereocenters. The van der Waals surface area contributed by atoms with Gasteiger partial charge in [-0.05, 0) is 26.0 Å². The molecule has 0 radical (unpaired) electrons. The molecule has 0 spiro atoms. The lowest BCUT2D eigenvalue weighted by atomic mass is 10.2. The van der Waals surface area contributed by atoms with Crippen LogP contribution in [0.3, 0.4) is 0 Å². The van der Waals surface area contributed by atoms with Crippen molar-refractivity contribution in [1.82, 2.24) is 10.3 Å². The Labute approximate surface area is 108 Å². The summed E-state index contributed by atoms with van der Waals surface area (Å²) in [7, 11) is 0. The molecule has 1 aromatic rings. The zero-order valence-corrected chi connectivity index (χ0v) is 10.5. The summed E-state index contributed by atoms with van der Waals surface area (Å²) in [5.74, 6) is -0.688. The molecular weight excluding hydrogens is 261 g/mol. The fraction of sp³-hybridized carbons (Fsp3) is 0.455. The highest BCUT2D eigenvalue weighted by Gasteiger charge is 2.31. The number of rotatable bonds is 4. The number of halogens is 3. The third kappa shape index (κ3) is 4.31. The summed E-state index contributed by atoms with van der Waals surface area (Å²) >= 11 is 0. The number of carbonyl (C=O) groups excluding carboxylic acids is 1. The van der Waals surface area contributed by atoms with Crippen LogP contribution < -0.4 is 16.4 Å². The molecule has 0 fully saturated rings. The summed E-state index contributed by atoms with van der Waals surface area (Å²) in [6, 6.07) is 0.837. The number of anilines is 2. The van der Waals surface area contributed by atoms with Crippen molar-refractivity contribution in [2.75, 3.05) is 17.6 Å². The van der Waals surface area contributed by atoms with Crippen molar-refractivity contribution in [3.8, 4) is 0 Å². The summed E-state index contributed by atoms with van der Waals surface area (Å²) in [6.07, 6.45) is -4.51. The van der Waals surface area contributed by atoms with E-state index in [0.717, 1.165) is 12.1 Å². The lowest BCUT2D eigenvalue weighted by Crippen LogP contribution is -2.37. The Kier molecular flexibility index (Phi) is 4.57. The van der Waals surface area contributed by atoms with Crippen molar-refractivity contribution in [2.45, 2.75) is 26.1 Å². The Morgan fingerprint density at radius 3 is 2.63 bits per heavy atom. The maximum Gasteiger partial charge on any atom is 0.416 e. The van der Waals surface area contributed by atoms with Gasteiger partial charge in [-0.15, -0.1) is 0 Å². The van der Waals surface area contributed by atoms with Gasteiger partial charge in [0.25, 0.3) is 0 Å². The SMILES string of the molecule is CCNC(=O)C(C)Nc1cc(C(F)(F)F)cc(N)n1. The number of likely N-dealkylation sites (N-methyl/N-ethyl adjacent to an activating group) is 1. The largest absolute Gasteiger partial charge is 0.416 e. The van der Waals surface area contributed by atoms with Crippen molar-refractivity contribution >= 4 is 17.5 Å². The molecule has 0 saturated carbocycles. The molecule has 0 bridgehead atoms. The average Bonchev–Trinajstić information content (AvgIpc) is 2.27. The van der Waals surface area contributed by atoms with Gasteiger partial charge in [-0.3, -0.25) is 4.79 Å². The highest BCUT2D eigenvalue weighted by molar-refractivity contribution is 5.83.